The number of amides is 1. The molecule has 0 fully saturated rings. The molecule has 1 aromatic heterocycles. The highest BCUT2D eigenvalue weighted by atomic mass is 16.6. The summed E-state index contributed by atoms with van der Waals surface area (Å²) in [6, 6.07) is 7.00. The van der Waals surface area contributed by atoms with Gasteiger partial charge in [0.1, 0.15) is 0 Å². The molecule has 0 atom stereocenters. The first kappa shape index (κ1) is 16.8. The molecule has 1 heterocycles. The summed E-state index contributed by atoms with van der Waals surface area (Å²) in [7, 11) is 0. The van der Waals surface area contributed by atoms with E-state index in [0.29, 0.717) is 5.56 Å². The number of carbonyl (C=O) groups excluding carboxylic acids is 1. The van der Waals surface area contributed by atoms with Gasteiger partial charge in [0.2, 0.25) is 0 Å². The first-order valence-electron chi connectivity index (χ1n) is 8.17. The Labute approximate surface area is 143 Å². The van der Waals surface area contributed by atoms with Crippen molar-refractivity contribution < 1.29 is 9.72 Å². The lowest BCUT2D eigenvalue weighted by molar-refractivity contribution is -0.384. The molecule has 0 spiro atoms. The highest BCUT2D eigenvalue weighted by molar-refractivity contribution is 5.94. The molecule has 0 aliphatic heterocycles. The predicted molar refractivity (Wildman–Crippen MR) is 90.6 cm³/mol. The van der Waals surface area contributed by atoms with Gasteiger partial charge in [0.25, 0.3) is 17.2 Å². The van der Waals surface area contributed by atoms with E-state index in [1.54, 1.807) is 6.07 Å². The zero-order valence-corrected chi connectivity index (χ0v) is 13.6. The quantitative estimate of drug-likeness (QED) is 0.654. The van der Waals surface area contributed by atoms with E-state index < -0.39 is 4.92 Å². The number of nitro groups is 1. The van der Waals surface area contributed by atoms with Crippen molar-refractivity contribution in [3.63, 3.8) is 0 Å². The summed E-state index contributed by atoms with van der Waals surface area (Å²) in [6.07, 6.45) is 3.94. The highest BCUT2D eigenvalue weighted by Gasteiger charge is 2.13. The number of hydrogen-bond donors (Lipinski definition) is 1. The van der Waals surface area contributed by atoms with Crippen LogP contribution in [0.1, 0.15) is 34.5 Å². The van der Waals surface area contributed by atoms with E-state index in [-0.39, 0.29) is 30.2 Å². The van der Waals surface area contributed by atoms with Crippen LogP contribution < -0.4 is 10.9 Å². The topological polar surface area (TPSA) is 107 Å². The molecule has 1 N–H and O–H groups in total. The number of nitro benzene ring substituents is 1. The summed E-state index contributed by atoms with van der Waals surface area (Å²) in [6.45, 7) is 0.534. The van der Waals surface area contributed by atoms with E-state index >= 15 is 0 Å². The molecule has 0 radical (unpaired) electrons. The van der Waals surface area contributed by atoms with Crippen LogP contribution in [0.15, 0.2) is 35.1 Å². The summed E-state index contributed by atoms with van der Waals surface area (Å²) >= 11 is 0. The Morgan fingerprint density at radius 1 is 1.24 bits per heavy atom. The van der Waals surface area contributed by atoms with Gasteiger partial charge in [0.05, 0.1) is 17.2 Å². The summed E-state index contributed by atoms with van der Waals surface area (Å²) in [5.74, 6) is -0.346. The van der Waals surface area contributed by atoms with E-state index in [1.807, 2.05) is 0 Å². The minimum absolute atomic E-state index is 0.0682. The Morgan fingerprint density at radius 3 is 2.68 bits per heavy atom. The molecule has 0 saturated carbocycles. The third-order valence-corrected chi connectivity index (χ3v) is 4.22. The molecule has 8 nitrogen and oxygen atoms in total. The van der Waals surface area contributed by atoms with Crippen molar-refractivity contribution in [2.75, 3.05) is 6.54 Å². The van der Waals surface area contributed by atoms with Gasteiger partial charge in [-0.2, -0.15) is 5.10 Å². The van der Waals surface area contributed by atoms with Crippen molar-refractivity contribution in [1.29, 1.82) is 0 Å². The number of rotatable bonds is 5. The van der Waals surface area contributed by atoms with Gasteiger partial charge >= 0.3 is 0 Å². The SMILES string of the molecule is O=C(NCCn1nc2c(cc1=O)CCCC2)c1ccc([N+](=O)[O-])cc1. The number of aryl methyl sites for hydroxylation is 2. The first-order chi connectivity index (χ1) is 12.0. The third kappa shape index (κ3) is 3.90. The molecular weight excluding hydrogens is 324 g/mol. The van der Waals surface area contributed by atoms with Gasteiger partial charge in [-0.05, 0) is 43.4 Å². The van der Waals surface area contributed by atoms with Crippen molar-refractivity contribution >= 4 is 11.6 Å². The zero-order chi connectivity index (χ0) is 17.8. The lowest BCUT2D eigenvalue weighted by Gasteiger charge is -2.16. The second-order valence-corrected chi connectivity index (χ2v) is 5.94. The van der Waals surface area contributed by atoms with E-state index in [9.17, 15) is 19.7 Å². The number of non-ortho nitro benzene ring substituents is 1. The lowest BCUT2D eigenvalue weighted by atomic mass is 9.97. The number of hydrogen-bond acceptors (Lipinski definition) is 5. The molecule has 0 bridgehead atoms. The summed E-state index contributed by atoms with van der Waals surface area (Å²) in [5.41, 5.74) is 2.10. The molecule has 0 unspecified atom stereocenters. The molecule has 2 aromatic rings. The van der Waals surface area contributed by atoms with Crippen molar-refractivity contribution in [3.05, 3.63) is 67.6 Å². The Kier molecular flexibility index (Phi) is 4.87. The van der Waals surface area contributed by atoms with Gasteiger partial charge in [-0.3, -0.25) is 19.7 Å². The number of nitrogens with zero attached hydrogens (tertiary/aromatic N) is 3. The number of fused-ring (bicyclic) bond motifs is 1. The molecule has 0 saturated heterocycles. The van der Waals surface area contributed by atoms with Crippen LogP contribution in [-0.2, 0) is 19.4 Å². The molecule has 3 rings (SSSR count). The molecule has 1 aliphatic rings. The van der Waals surface area contributed by atoms with Gasteiger partial charge < -0.3 is 5.32 Å². The molecule has 1 amide bonds. The van der Waals surface area contributed by atoms with Crippen LogP contribution >= 0.6 is 0 Å². The Morgan fingerprint density at radius 2 is 1.96 bits per heavy atom. The molecule has 130 valence electrons. The van der Waals surface area contributed by atoms with Crippen LogP contribution in [0, 0.1) is 10.1 Å². The smallest absolute Gasteiger partial charge is 0.269 e. The molecule has 1 aliphatic carbocycles. The van der Waals surface area contributed by atoms with Crippen LogP contribution in [0.4, 0.5) is 5.69 Å². The second kappa shape index (κ2) is 7.25. The summed E-state index contributed by atoms with van der Waals surface area (Å²) in [5, 5.41) is 17.7. The van der Waals surface area contributed by atoms with Gasteiger partial charge in [0, 0.05) is 30.3 Å². The molecule has 1 aromatic carbocycles. The molecular formula is C17H18N4O4. The minimum Gasteiger partial charge on any atom is -0.350 e. The van der Waals surface area contributed by atoms with Gasteiger partial charge in [-0.1, -0.05) is 0 Å². The Bertz CT molecular complexity index is 858. The Balaban J connectivity index is 1.60. The number of carbonyl (C=O) groups is 1. The van der Waals surface area contributed by atoms with Crippen LogP contribution in [-0.4, -0.2) is 27.2 Å². The predicted octanol–water partition coefficient (Wildman–Crippen LogP) is 1.46. The molecule has 8 heteroatoms. The highest BCUT2D eigenvalue weighted by Crippen LogP contribution is 2.16. The second-order valence-electron chi connectivity index (χ2n) is 5.94. The maximum absolute atomic E-state index is 12.1. The van der Waals surface area contributed by atoms with Gasteiger partial charge in [-0.15, -0.1) is 0 Å². The first-order valence-corrected chi connectivity index (χ1v) is 8.17. The average Bonchev–Trinajstić information content (AvgIpc) is 2.62. The summed E-state index contributed by atoms with van der Waals surface area (Å²) < 4.78 is 1.38. The fourth-order valence-electron chi connectivity index (χ4n) is 2.87. The van der Waals surface area contributed by atoms with Gasteiger partial charge in [0.15, 0.2) is 0 Å². The summed E-state index contributed by atoms with van der Waals surface area (Å²) in [4.78, 5) is 34.2. The average molecular weight is 342 g/mol. The van der Waals surface area contributed by atoms with Crippen molar-refractivity contribution in [1.82, 2.24) is 15.1 Å². The fraction of sp³-hybridized carbons (Fsp3) is 0.353. The maximum atomic E-state index is 12.1. The monoisotopic (exact) mass is 342 g/mol. The third-order valence-electron chi connectivity index (χ3n) is 4.22. The standard InChI is InChI=1S/C17H18N4O4/c22-16-11-13-3-1-2-4-15(13)19-20(16)10-9-18-17(23)12-5-7-14(8-6-12)21(24)25/h5-8,11H,1-4,9-10H2,(H,18,23). The van der Waals surface area contributed by atoms with E-state index in [1.165, 1.54) is 28.9 Å². The van der Waals surface area contributed by atoms with Crippen LogP contribution in [0.2, 0.25) is 0 Å². The van der Waals surface area contributed by atoms with Gasteiger partial charge in [-0.25, -0.2) is 4.68 Å². The van der Waals surface area contributed by atoms with Crippen LogP contribution in [0.5, 0.6) is 0 Å². The minimum atomic E-state index is -0.518. The lowest BCUT2D eigenvalue weighted by Crippen LogP contribution is -2.33. The maximum Gasteiger partial charge on any atom is 0.269 e. The van der Waals surface area contributed by atoms with Crippen molar-refractivity contribution in [2.24, 2.45) is 0 Å². The van der Waals surface area contributed by atoms with Crippen LogP contribution in [0.25, 0.3) is 0 Å². The van der Waals surface area contributed by atoms with Crippen molar-refractivity contribution in [3.8, 4) is 0 Å². The normalized spacial score (nSPS) is 13.1. The fourth-order valence-corrected chi connectivity index (χ4v) is 2.87. The number of benzene rings is 1. The number of aromatic nitrogens is 2. The zero-order valence-electron chi connectivity index (χ0n) is 13.6. The number of nitrogens with one attached hydrogen (secondary N) is 1. The largest absolute Gasteiger partial charge is 0.350 e. The van der Waals surface area contributed by atoms with Crippen LogP contribution in [0.3, 0.4) is 0 Å². The van der Waals surface area contributed by atoms with E-state index in [0.717, 1.165) is 36.9 Å². The van der Waals surface area contributed by atoms with E-state index in [4.69, 9.17) is 0 Å². The van der Waals surface area contributed by atoms with Crippen molar-refractivity contribution in [2.45, 2.75) is 32.2 Å². The van der Waals surface area contributed by atoms with E-state index in [2.05, 4.69) is 10.4 Å². The molecule has 25 heavy (non-hydrogen) atoms. The Hall–Kier alpha value is -3.03.